The van der Waals surface area contributed by atoms with E-state index in [4.69, 9.17) is 4.74 Å². The first-order chi connectivity index (χ1) is 14.2. The molecule has 1 heterocycles. The number of hydrogen-bond donors (Lipinski definition) is 2. The second-order valence-electron chi connectivity index (χ2n) is 7.09. The molecule has 1 aliphatic heterocycles. The van der Waals surface area contributed by atoms with E-state index in [0.717, 1.165) is 17.7 Å². The van der Waals surface area contributed by atoms with Crippen molar-refractivity contribution in [3.8, 4) is 5.75 Å². The van der Waals surface area contributed by atoms with Crippen LogP contribution in [0.2, 0.25) is 0 Å². The predicted octanol–water partition coefficient (Wildman–Crippen LogP) is 2.96. The Kier molecular flexibility index (Phi) is 6.31. The number of carbonyl (C=O) groups excluding carboxylic acids is 2. The van der Waals surface area contributed by atoms with Crippen LogP contribution in [0.1, 0.15) is 27.9 Å². The standard InChI is InChI=1S/C21H21F3N2O4/c1-30-20(29)18-10-14(12-26(18)11-13-5-4-6-15(27)9-13)25-19(28)16-7-2-3-8-17(16)21(22,23)24/h2-9,14,18,27H,10-12H2,1H3,(H,25,28)/t14-,18-/m0/s1. The molecule has 1 aliphatic rings. The molecule has 0 radical (unpaired) electrons. The van der Waals surface area contributed by atoms with Crippen LogP contribution in [-0.4, -0.2) is 47.6 Å². The number of phenolic OH excluding ortho intramolecular Hbond substituents is 1. The summed E-state index contributed by atoms with van der Waals surface area (Å²) in [6.07, 6.45) is -4.45. The Hall–Kier alpha value is -3.07. The largest absolute Gasteiger partial charge is 0.508 e. The van der Waals surface area contributed by atoms with Gasteiger partial charge in [0.05, 0.1) is 18.2 Å². The highest BCUT2D eigenvalue weighted by Crippen LogP contribution is 2.32. The summed E-state index contributed by atoms with van der Waals surface area (Å²) >= 11 is 0. The molecule has 1 saturated heterocycles. The molecule has 0 spiro atoms. The zero-order chi connectivity index (χ0) is 21.9. The van der Waals surface area contributed by atoms with Crippen molar-refractivity contribution < 1.29 is 32.6 Å². The van der Waals surface area contributed by atoms with Crippen LogP contribution in [0.3, 0.4) is 0 Å². The SMILES string of the molecule is COC(=O)[C@@H]1C[C@H](NC(=O)c2ccccc2C(F)(F)F)CN1Cc1cccc(O)c1. The lowest BCUT2D eigenvalue weighted by atomic mass is 10.1. The number of rotatable bonds is 5. The Morgan fingerprint density at radius 2 is 1.93 bits per heavy atom. The normalized spacial score (nSPS) is 19.5. The molecule has 6 nitrogen and oxygen atoms in total. The van der Waals surface area contributed by atoms with Crippen LogP contribution in [0.4, 0.5) is 13.2 Å². The maximum Gasteiger partial charge on any atom is 0.417 e. The van der Waals surface area contributed by atoms with Crippen molar-refractivity contribution in [3.05, 3.63) is 65.2 Å². The molecule has 30 heavy (non-hydrogen) atoms. The minimum Gasteiger partial charge on any atom is -0.508 e. The van der Waals surface area contributed by atoms with Crippen LogP contribution >= 0.6 is 0 Å². The highest BCUT2D eigenvalue weighted by atomic mass is 19.4. The lowest BCUT2D eigenvalue weighted by Gasteiger charge is -2.22. The van der Waals surface area contributed by atoms with Gasteiger partial charge in [0.15, 0.2) is 0 Å². The molecule has 0 bridgehead atoms. The Labute approximate surface area is 171 Å². The molecule has 2 atom stereocenters. The number of amides is 1. The van der Waals surface area contributed by atoms with E-state index in [-0.39, 0.29) is 18.7 Å². The number of nitrogens with zero attached hydrogens (tertiary/aromatic N) is 1. The fourth-order valence-corrected chi connectivity index (χ4v) is 3.64. The van der Waals surface area contributed by atoms with Gasteiger partial charge in [0, 0.05) is 19.1 Å². The van der Waals surface area contributed by atoms with Gasteiger partial charge in [-0.2, -0.15) is 13.2 Å². The maximum atomic E-state index is 13.2. The third kappa shape index (κ3) is 4.91. The Morgan fingerprint density at radius 1 is 1.20 bits per heavy atom. The molecule has 9 heteroatoms. The number of carbonyl (C=O) groups is 2. The number of aromatic hydroxyl groups is 1. The van der Waals surface area contributed by atoms with E-state index in [1.54, 1.807) is 23.1 Å². The number of hydrogen-bond acceptors (Lipinski definition) is 5. The highest BCUT2D eigenvalue weighted by Gasteiger charge is 2.39. The molecule has 2 N–H and O–H groups in total. The fourth-order valence-electron chi connectivity index (χ4n) is 3.64. The molecule has 1 amide bonds. The molecular formula is C21H21F3N2O4. The first kappa shape index (κ1) is 21.6. The van der Waals surface area contributed by atoms with E-state index in [9.17, 15) is 27.9 Å². The number of likely N-dealkylation sites (tertiary alicyclic amines) is 1. The second kappa shape index (κ2) is 8.74. The van der Waals surface area contributed by atoms with Crippen LogP contribution in [0.25, 0.3) is 0 Å². The van der Waals surface area contributed by atoms with E-state index < -0.39 is 41.3 Å². The quantitative estimate of drug-likeness (QED) is 0.725. The van der Waals surface area contributed by atoms with Crippen molar-refractivity contribution >= 4 is 11.9 Å². The van der Waals surface area contributed by atoms with Crippen LogP contribution in [0.15, 0.2) is 48.5 Å². The van der Waals surface area contributed by atoms with E-state index in [0.29, 0.717) is 6.54 Å². The third-order valence-corrected chi connectivity index (χ3v) is 4.99. The minimum atomic E-state index is -4.65. The molecular weight excluding hydrogens is 401 g/mol. The topological polar surface area (TPSA) is 78.9 Å². The van der Waals surface area contributed by atoms with Crippen LogP contribution in [-0.2, 0) is 22.3 Å². The minimum absolute atomic E-state index is 0.0786. The number of esters is 1. The van der Waals surface area contributed by atoms with Gasteiger partial charge >= 0.3 is 12.1 Å². The molecule has 0 unspecified atom stereocenters. The second-order valence-corrected chi connectivity index (χ2v) is 7.09. The zero-order valence-electron chi connectivity index (χ0n) is 16.1. The number of nitrogens with one attached hydrogen (secondary N) is 1. The Bertz CT molecular complexity index is 932. The van der Waals surface area contributed by atoms with Gasteiger partial charge in [0.1, 0.15) is 11.8 Å². The molecule has 0 saturated carbocycles. The van der Waals surface area contributed by atoms with E-state index in [1.165, 1.54) is 25.3 Å². The van der Waals surface area contributed by atoms with Gasteiger partial charge in [-0.3, -0.25) is 14.5 Å². The van der Waals surface area contributed by atoms with Gasteiger partial charge in [-0.25, -0.2) is 0 Å². The van der Waals surface area contributed by atoms with Crippen LogP contribution in [0, 0.1) is 0 Å². The molecule has 160 valence electrons. The van der Waals surface area contributed by atoms with Crippen LogP contribution in [0.5, 0.6) is 5.75 Å². The first-order valence-corrected chi connectivity index (χ1v) is 9.26. The summed E-state index contributed by atoms with van der Waals surface area (Å²) < 4.78 is 44.4. The number of halogens is 3. The summed E-state index contributed by atoms with van der Waals surface area (Å²) in [5.41, 5.74) is -0.731. The van der Waals surface area contributed by atoms with Gasteiger partial charge in [0.2, 0.25) is 0 Å². The number of phenols is 1. The van der Waals surface area contributed by atoms with Crippen molar-refractivity contribution in [3.63, 3.8) is 0 Å². The van der Waals surface area contributed by atoms with Crippen molar-refractivity contribution in [1.82, 2.24) is 10.2 Å². The summed E-state index contributed by atoms with van der Waals surface area (Å²) in [6, 6.07) is 9.88. The summed E-state index contributed by atoms with van der Waals surface area (Å²) in [7, 11) is 1.25. The smallest absolute Gasteiger partial charge is 0.417 e. The maximum absolute atomic E-state index is 13.2. The number of alkyl halides is 3. The highest BCUT2D eigenvalue weighted by molar-refractivity contribution is 5.96. The lowest BCUT2D eigenvalue weighted by Crippen LogP contribution is -2.38. The Balaban J connectivity index is 1.76. The predicted molar refractivity (Wildman–Crippen MR) is 102 cm³/mol. The van der Waals surface area contributed by atoms with Gasteiger partial charge in [-0.05, 0) is 36.2 Å². The fraction of sp³-hybridized carbons (Fsp3) is 0.333. The number of benzene rings is 2. The first-order valence-electron chi connectivity index (χ1n) is 9.26. The summed E-state index contributed by atoms with van der Waals surface area (Å²) in [5, 5.41) is 12.2. The van der Waals surface area contributed by atoms with E-state index >= 15 is 0 Å². The average Bonchev–Trinajstić information content (AvgIpc) is 3.08. The van der Waals surface area contributed by atoms with Crippen molar-refractivity contribution in [2.75, 3.05) is 13.7 Å². The molecule has 0 aromatic heterocycles. The molecule has 2 aromatic carbocycles. The van der Waals surface area contributed by atoms with Gasteiger partial charge < -0.3 is 15.2 Å². The Morgan fingerprint density at radius 3 is 2.60 bits per heavy atom. The van der Waals surface area contributed by atoms with Crippen LogP contribution < -0.4 is 5.32 Å². The summed E-state index contributed by atoms with van der Waals surface area (Å²) in [6.45, 7) is 0.551. The van der Waals surface area contributed by atoms with Crippen molar-refractivity contribution in [1.29, 1.82) is 0 Å². The monoisotopic (exact) mass is 422 g/mol. The third-order valence-electron chi connectivity index (χ3n) is 4.99. The number of methoxy groups -OCH3 is 1. The molecule has 1 fully saturated rings. The van der Waals surface area contributed by atoms with E-state index in [1.807, 2.05) is 0 Å². The summed E-state index contributed by atoms with van der Waals surface area (Å²) in [5.74, 6) is -1.27. The van der Waals surface area contributed by atoms with Gasteiger partial charge in [-0.1, -0.05) is 24.3 Å². The van der Waals surface area contributed by atoms with Crippen molar-refractivity contribution in [2.45, 2.75) is 31.2 Å². The summed E-state index contributed by atoms with van der Waals surface area (Å²) in [4.78, 5) is 26.5. The molecule has 0 aliphatic carbocycles. The van der Waals surface area contributed by atoms with Gasteiger partial charge in [0.25, 0.3) is 5.91 Å². The lowest BCUT2D eigenvalue weighted by molar-refractivity contribution is -0.146. The molecule has 2 aromatic rings. The van der Waals surface area contributed by atoms with Gasteiger partial charge in [-0.15, -0.1) is 0 Å². The zero-order valence-corrected chi connectivity index (χ0v) is 16.1. The number of ether oxygens (including phenoxy) is 1. The average molecular weight is 422 g/mol. The molecule has 3 rings (SSSR count). The van der Waals surface area contributed by atoms with Crippen molar-refractivity contribution in [2.24, 2.45) is 0 Å². The van der Waals surface area contributed by atoms with E-state index in [2.05, 4.69) is 5.32 Å².